The van der Waals surface area contributed by atoms with Gasteiger partial charge in [0.15, 0.2) is 0 Å². The number of benzene rings is 2. The molecule has 2 atom stereocenters. The van der Waals surface area contributed by atoms with E-state index < -0.39 is 5.60 Å². The molecule has 26 heavy (non-hydrogen) atoms. The van der Waals surface area contributed by atoms with Crippen molar-refractivity contribution in [1.82, 2.24) is 4.90 Å². The summed E-state index contributed by atoms with van der Waals surface area (Å²) < 4.78 is 20.0. The van der Waals surface area contributed by atoms with E-state index in [9.17, 15) is 9.50 Å². The molecule has 0 aromatic heterocycles. The van der Waals surface area contributed by atoms with Crippen molar-refractivity contribution in [2.75, 3.05) is 13.2 Å². The highest BCUT2D eigenvalue weighted by molar-refractivity contribution is 5.27. The van der Waals surface area contributed by atoms with Crippen molar-refractivity contribution in [2.24, 2.45) is 0 Å². The molecule has 0 unspecified atom stereocenters. The van der Waals surface area contributed by atoms with Crippen molar-refractivity contribution < 1.29 is 14.2 Å². The molecule has 2 heterocycles. The number of para-hydroxylation sites is 1. The Bertz CT molecular complexity index is 722. The van der Waals surface area contributed by atoms with E-state index in [2.05, 4.69) is 4.90 Å². The number of fused-ring (bicyclic) bond motifs is 2. The molecule has 2 saturated heterocycles. The maximum Gasteiger partial charge on any atom is 0.129 e. The van der Waals surface area contributed by atoms with Crippen molar-refractivity contribution in [3.05, 3.63) is 66.0 Å². The van der Waals surface area contributed by atoms with Crippen LogP contribution in [0.4, 0.5) is 4.39 Å². The minimum absolute atomic E-state index is 0.292. The SMILES string of the molecule is OC1(c2ccccc2F)C[C@H]2CC[C@H](C1)N2CCCOc1ccccc1. The van der Waals surface area contributed by atoms with E-state index in [0.717, 1.165) is 31.6 Å². The molecule has 0 saturated carbocycles. The van der Waals surface area contributed by atoms with E-state index in [1.807, 2.05) is 36.4 Å². The molecular formula is C22H26FNO2. The Kier molecular flexibility index (Phi) is 4.96. The second kappa shape index (κ2) is 7.37. The molecule has 2 aliphatic heterocycles. The fourth-order valence-corrected chi connectivity index (χ4v) is 4.69. The average Bonchev–Trinajstić information content (AvgIpc) is 2.90. The molecule has 3 nitrogen and oxygen atoms in total. The molecule has 0 radical (unpaired) electrons. The standard InChI is InChI=1S/C22H26FNO2/c23-21-10-5-4-9-20(21)22(25)15-17-11-12-18(16-22)24(17)13-6-14-26-19-7-2-1-3-8-19/h1-5,7-10,17-18,25H,6,11-16H2/t17-,18-/m1/s1. The van der Waals surface area contributed by atoms with Crippen LogP contribution in [0.25, 0.3) is 0 Å². The topological polar surface area (TPSA) is 32.7 Å². The molecule has 2 bridgehead atoms. The highest BCUT2D eigenvalue weighted by Gasteiger charge is 2.48. The van der Waals surface area contributed by atoms with E-state index >= 15 is 0 Å². The van der Waals surface area contributed by atoms with Gasteiger partial charge >= 0.3 is 0 Å². The van der Waals surface area contributed by atoms with E-state index in [-0.39, 0.29) is 5.82 Å². The van der Waals surface area contributed by atoms with Crippen molar-refractivity contribution >= 4 is 0 Å². The molecule has 2 aliphatic rings. The number of nitrogens with zero attached hydrogens (tertiary/aromatic N) is 1. The lowest BCUT2D eigenvalue weighted by atomic mass is 9.80. The lowest BCUT2D eigenvalue weighted by molar-refractivity contribution is -0.0596. The van der Waals surface area contributed by atoms with Crippen molar-refractivity contribution in [3.63, 3.8) is 0 Å². The second-order valence-corrected chi connectivity index (χ2v) is 7.56. The van der Waals surface area contributed by atoms with Gasteiger partial charge in [0, 0.05) is 24.2 Å². The zero-order valence-corrected chi connectivity index (χ0v) is 15.0. The highest BCUT2D eigenvalue weighted by atomic mass is 19.1. The van der Waals surface area contributed by atoms with Crippen LogP contribution in [0, 0.1) is 5.82 Å². The van der Waals surface area contributed by atoms with Crippen LogP contribution in [-0.4, -0.2) is 35.2 Å². The van der Waals surface area contributed by atoms with Gasteiger partial charge in [-0.05, 0) is 50.3 Å². The summed E-state index contributed by atoms with van der Waals surface area (Å²) in [6.07, 6.45) is 4.36. The van der Waals surface area contributed by atoms with Gasteiger partial charge in [-0.25, -0.2) is 4.39 Å². The molecule has 2 aromatic carbocycles. The lowest BCUT2D eigenvalue weighted by Crippen LogP contribution is -2.50. The van der Waals surface area contributed by atoms with Crippen LogP contribution in [0.3, 0.4) is 0 Å². The molecule has 2 fully saturated rings. The maximum atomic E-state index is 14.2. The largest absolute Gasteiger partial charge is 0.494 e. The summed E-state index contributed by atoms with van der Waals surface area (Å²) in [5.74, 6) is 0.613. The van der Waals surface area contributed by atoms with Gasteiger partial charge in [-0.15, -0.1) is 0 Å². The molecule has 138 valence electrons. The normalized spacial score (nSPS) is 28.2. The smallest absolute Gasteiger partial charge is 0.129 e. The first-order chi connectivity index (χ1) is 12.7. The third-order valence-electron chi connectivity index (χ3n) is 5.87. The lowest BCUT2D eigenvalue weighted by Gasteiger charge is -2.44. The zero-order valence-electron chi connectivity index (χ0n) is 15.0. The number of aliphatic hydroxyl groups is 1. The first kappa shape index (κ1) is 17.5. The number of piperidine rings is 1. The minimum atomic E-state index is -1.03. The Balaban J connectivity index is 1.34. The number of halogens is 1. The Morgan fingerprint density at radius 1 is 1.00 bits per heavy atom. The van der Waals surface area contributed by atoms with Gasteiger partial charge in [-0.1, -0.05) is 36.4 Å². The van der Waals surface area contributed by atoms with Gasteiger partial charge in [0.05, 0.1) is 12.2 Å². The molecule has 4 heteroatoms. The Morgan fingerprint density at radius 3 is 2.35 bits per heavy atom. The number of rotatable bonds is 6. The molecule has 2 aromatic rings. The van der Waals surface area contributed by atoms with Crippen LogP contribution in [0.5, 0.6) is 5.75 Å². The summed E-state index contributed by atoms with van der Waals surface area (Å²) in [6, 6.07) is 17.2. The van der Waals surface area contributed by atoms with Gasteiger partial charge in [-0.2, -0.15) is 0 Å². The highest BCUT2D eigenvalue weighted by Crippen LogP contribution is 2.46. The second-order valence-electron chi connectivity index (χ2n) is 7.56. The van der Waals surface area contributed by atoms with Crippen molar-refractivity contribution in [1.29, 1.82) is 0 Å². The predicted molar refractivity (Wildman–Crippen MR) is 99.6 cm³/mol. The Hall–Kier alpha value is -1.91. The summed E-state index contributed by atoms with van der Waals surface area (Å²) in [4.78, 5) is 2.50. The summed E-state index contributed by atoms with van der Waals surface area (Å²) in [7, 11) is 0. The van der Waals surface area contributed by atoms with Gasteiger partial charge in [0.2, 0.25) is 0 Å². The first-order valence-electron chi connectivity index (χ1n) is 9.57. The average molecular weight is 355 g/mol. The molecule has 1 N–H and O–H groups in total. The van der Waals surface area contributed by atoms with Gasteiger partial charge < -0.3 is 9.84 Å². The quantitative estimate of drug-likeness (QED) is 0.792. The fraction of sp³-hybridized carbons (Fsp3) is 0.455. The van der Waals surface area contributed by atoms with Crippen LogP contribution >= 0.6 is 0 Å². The van der Waals surface area contributed by atoms with Crippen LogP contribution in [0.1, 0.15) is 37.7 Å². The third-order valence-corrected chi connectivity index (χ3v) is 5.87. The Labute approximate surface area is 154 Å². The molecular weight excluding hydrogens is 329 g/mol. The summed E-state index contributed by atoms with van der Waals surface area (Å²) >= 11 is 0. The van der Waals surface area contributed by atoms with Crippen LogP contribution in [0.2, 0.25) is 0 Å². The van der Waals surface area contributed by atoms with Crippen LogP contribution in [-0.2, 0) is 5.60 Å². The van der Waals surface area contributed by atoms with Crippen LogP contribution < -0.4 is 4.74 Å². The summed E-state index contributed by atoms with van der Waals surface area (Å²) in [6.45, 7) is 1.66. The van der Waals surface area contributed by atoms with Crippen LogP contribution in [0.15, 0.2) is 54.6 Å². The third kappa shape index (κ3) is 3.49. The van der Waals surface area contributed by atoms with E-state index in [0.29, 0.717) is 37.1 Å². The monoisotopic (exact) mass is 355 g/mol. The molecule has 4 rings (SSSR count). The summed E-state index contributed by atoms with van der Waals surface area (Å²) in [5.41, 5.74) is -0.572. The van der Waals surface area contributed by atoms with Crippen molar-refractivity contribution in [3.8, 4) is 5.75 Å². The number of hydrogen-bond donors (Lipinski definition) is 1. The van der Waals surface area contributed by atoms with E-state index in [1.165, 1.54) is 6.07 Å². The van der Waals surface area contributed by atoms with Gasteiger partial charge in [0.1, 0.15) is 11.6 Å². The minimum Gasteiger partial charge on any atom is -0.494 e. The van der Waals surface area contributed by atoms with E-state index in [1.54, 1.807) is 12.1 Å². The van der Waals surface area contributed by atoms with Gasteiger partial charge in [-0.3, -0.25) is 4.90 Å². The summed E-state index contributed by atoms with van der Waals surface area (Å²) in [5, 5.41) is 11.2. The number of hydrogen-bond acceptors (Lipinski definition) is 3. The number of ether oxygens (including phenoxy) is 1. The van der Waals surface area contributed by atoms with Gasteiger partial charge in [0.25, 0.3) is 0 Å². The molecule has 0 aliphatic carbocycles. The predicted octanol–water partition coefficient (Wildman–Crippen LogP) is 4.11. The molecule has 0 spiro atoms. The van der Waals surface area contributed by atoms with Crippen molar-refractivity contribution in [2.45, 2.75) is 49.8 Å². The first-order valence-corrected chi connectivity index (χ1v) is 9.57. The molecule has 0 amide bonds. The Morgan fingerprint density at radius 2 is 1.65 bits per heavy atom. The maximum absolute atomic E-state index is 14.2. The fourth-order valence-electron chi connectivity index (χ4n) is 4.69. The van der Waals surface area contributed by atoms with E-state index in [4.69, 9.17) is 4.74 Å². The zero-order chi connectivity index (χ0) is 18.0.